The van der Waals surface area contributed by atoms with Gasteiger partial charge in [-0.3, -0.25) is 19.2 Å². The number of amides is 4. The van der Waals surface area contributed by atoms with E-state index < -0.39 is 69.2 Å². The molecule has 1 aliphatic rings. The molecule has 7 atom stereocenters. The van der Waals surface area contributed by atoms with Crippen molar-refractivity contribution in [2.45, 2.75) is 102 Å². The molecule has 1 saturated heterocycles. The van der Waals surface area contributed by atoms with E-state index in [0.717, 1.165) is 24.3 Å². The molecule has 17 heteroatoms. The summed E-state index contributed by atoms with van der Waals surface area (Å²) in [7, 11) is 0.0238. The van der Waals surface area contributed by atoms with Crippen LogP contribution in [0.2, 0.25) is 0 Å². The first kappa shape index (κ1) is 41.9. The van der Waals surface area contributed by atoms with E-state index in [1.54, 1.807) is 22.2 Å². The summed E-state index contributed by atoms with van der Waals surface area (Å²) in [4.78, 5) is 54.2. The number of hydrogen-bond donors (Lipinski definition) is 3. The van der Waals surface area contributed by atoms with E-state index in [-0.39, 0.29) is 35.8 Å². The molecule has 0 saturated carbocycles. The molecule has 1 aromatic carbocycles. The van der Waals surface area contributed by atoms with Crippen molar-refractivity contribution in [2.24, 2.45) is 23.5 Å². The van der Waals surface area contributed by atoms with Gasteiger partial charge in [0.15, 0.2) is 0 Å². The van der Waals surface area contributed by atoms with Crippen molar-refractivity contribution >= 4 is 39.3 Å². The molecule has 1 fully saturated rings. The second kappa shape index (κ2) is 17.6. The minimum Gasteiger partial charge on any atom is -0.379 e. The van der Waals surface area contributed by atoms with Crippen molar-refractivity contribution in [3.8, 4) is 0 Å². The first-order chi connectivity index (χ1) is 22.7. The third-order valence-corrected chi connectivity index (χ3v) is 10.5. The lowest BCUT2D eigenvalue weighted by Crippen LogP contribution is -2.56. The molecule has 2 rings (SSSR count). The Kier molecular flexibility index (Phi) is 15.0. The highest BCUT2D eigenvalue weighted by Gasteiger charge is 2.43. The van der Waals surface area contributed by atoms with Crippen LogP contribution in [0.15, 0.2) is 29.2 Å². The Morgan fingerprint density at radius 2 is 1.65 bits per heavy atom. The lowest BCUT2D eigenvalue weighted by atomic mass is 9.89. The molecule has 0 aromatic heterocycles. The van der Waals surface area contributed by atoms with Crippen molar-refractivity contribution in [2.75, 3.05) is 33.1 Å². The summed E-state index contributed by atoms with van der Waals surface area (Å²) in [5.74, 6) is -4.87. The second-order valence-electron chi connectivity index (χ2n) is 12.8. The molecule has 1 heterocycles. The third-order valence-electron chi connectivity index (χ3n) is 9.18. The molecule has 1 aliphatic heterocycles. The average molecular weight is 722 g/mol. The Bertz CT molecular complexity index is 1410. The summed E-state index contributed by atoms with van der Waals surface area (Å²) in [6, 6.07) is 2.04. The van der Waals surface area contributed by atoms with Gasteiger partial charge in [0.1, 0.15) is 0 Å². The van der Waals surface area contributed by atoms with Crippen LogP contribution in [0, 0.1) is 17.8 Å². The Hall–Kier alpha value is -3.28. The Morgan fingerprint density at radius 3 is 2.14 bits per heavy atom. The maximum absolute atomic E-state index is 13.8. The summed E-state index contributed by atoms with van der Waals surface area (Å²) >= 11 is 0. The number of likely N-dealkylation sites (N-methyl/N-ethyl adjacent to an activating group) is 1. The number of hydrogen-bond acceptors (Lipinski definition) is 9. The number of alkyl halides is 3. The molecule has 0 spiro atoms. The van der Waals surface area contributed by atoms with Gasteiger partial charge in [0.2, 0.25) is 17.7 Å². The number of sulfonamides is 1. The smallest absolute Gasteiger partial charge is 0.379 e. The van der Waals surface area contributed by atoms with Gasteiger partial charge < -0.3 is 30.3 Å². The van der Waals surface area contributed by atoms with Crippen LogP contribution in [-0.2, 0) is 38.7 Å². The van der Waals surface area contributed by atoms with Gasteiger partial charge in [-0.2, -0.15) is 13.2 Å². The summed E-state index contributed by atoms with van der Waals surface area (Å²) in [6.07, 6.45) is -4.98. The standard InChI is InChI=1S/C32H50F3N5O8S/c1-9-19(4)27(39(6)30(43)26(36)18(2)3)24(47-7)17-25(41)40-16-10-11-23(40)28(48-8)20(5)29(42)38-49(45,46)22-14-12-21(13-15-22)37-31(44)32(33,34)35/h12-15,18-20,23-24,26-28H,9-11,16-17,36H2,1-8H3,(H,37,44)(H,38,42)/t19-,20+,23-,24+,26-,27?,28?/m0/s1. The van der Waals surface area contributed by atoms with E-state index in [0.29, 0.717) is 25.8 Å². The van der Waals surface area contributed by atoms with Gasteiger partial charge in [0.25, 0.3) is 10.0 Å². The average Bonchev–Trinajstić information content (AvgIpc) is 3.52. The number of nitrogens with one attached hydrogen (secondary N) is 2. The molecule has 278 valence electrons. The predicted octanol–water partition coefficient (Wildman–Crippen LogP) is 2.90. The number of benzene rings is 1. The van der Waals surface area contributed by atoms with Crippen LogP contribution in [0.25, 0.3) is 0 Å². The summed E-state index contributed by atoms with van der Waals surface area (Å²) < 4.78 is 77.0. The lowest BCUT2D eigenvalue weighted by molar-refractivity contribution is -0.167. The van der Waals surface area contributed by atoms with E-state index in [4.69, 9.17) is 15.2 Å². The summed E-state index contributed by atoms with van der Waals surface area (Å²) in [5.41, 5.74) is 5.87. The van der Waals surface area contributed by atoms with Gasteiger partial charge >= 0.3 is 12.1 Å². The molecule has 49 heavy (non-hydrogen) atoms. The van der Waals surface area contributed by atoms with E-state index in [2.05, 4.69) is 0 Å². The van der Waals surface area contributed by atoms with E-state index in [1.165, 1.54) is 21.1 Å². The summed E-state index contributed by atoms with van der Waals surface area (Å²) in [6.45, 7) is 9.49. The number of nitrogens with zero attached hydrogens (tertiary/aromatic N) is 2. The van der Waals surface area contributed by atoms with Crippen molar-refractivity contribution in [3.63, 3.8) is 0 Å². The van der Waals surface area contributed by atoms with Gasteiger partial charge in [0.05, 0.1) is 47.6 Å². The molecule has 0 bridgehead atoms. The number of carbonyl (C=O) groups excluding carboxylic acids is 4. The van der Waals surface area contributed by atoms with Crippen LogP contribution >= 0.6 is 0 Å². The van der Waals surface area contributed by atoms with E-state index >= 15 is 0 Å². The first-order valence-electron chi connectivity index (χ1n) is 16.1. The van der Waals surface area contributed by atoms with Gasteiger partial charge in [-0.1, -0.05) is 41.0 Å². The Morgan fingerprint density at radius 1 is 1.06 bits per heavy atom. The number of likely N-dealkylation sites (tertiary alicyclic amines) is 1. The third kappa shape index (κ3) is 10.6. The lowest BCUT2D eigenvalue weighted by Gasteiger charge is -2.40. The molecule has 0 radical (unpaired) electrons. The van der Waals surface area contributed by atoms with Crippen LogP contribution in [0.4, 0.5) is 18.9 Å². The second-order valence-corrected chi connectivity index (χ2v) is 14.5. The van der Waals surface area contributed by atoms with Crippen LogP contribution in [0.5, 0.6) is 0 Å². The quantitative estimate of drug-likeness (QED) is 0.232. The van der Waals surface area contributed by atoms with Gasteiger partial charge in [-0.05, 0) is 48.9 Å². The van der Waals surface area contributed by atoms with Crippen LogP contribution < -0.4 is 15.8 Å². The van der Waals surface area contributed by atoms with Gasteiger partial charge in [-0.25, -0.2) is 13.1 Å². The SMILES string of the molecule is CC[C@H](C)C([C@@H](CC(=O)N1CCC[C@H]1C(OC)[C@@H](C)C(=O)NS(=O)(=O)c1ccc(NC(=O)C(F)(F)F)cc1)OC)N(C)C(=O)[C@@H](N)C(C)C. The number of ether oxygens (including phenoxy) is 2. The largest absolute Gasteiger partial charge is 0.471 e. The maximum atomic E-state index is 13.8. The normalized spacial score (nSPS) is 19.0. The Balaban J connectivity index is 2.21. The van der Waals surface area contributed by atoms with Crippen LogP contribution in [0.3, 0.4) is 0 Å². The van der Waals surface area contributed by atoms with Gasteiger partial charge in [0, 0.05) is 33.5 Å². The number of halogens is 3. The fourth-order valence-corrected chi connectivity index (χ4v) is 7.09. The molecular formula is C32H50F3N5O8S. The maximum Gasteiger partial charge on any atom is 0.471 e. The zero-order valence-electron chi connectivity index (χ0n) is 29.2. The molecular weight excluding hydrogens is 671 g/mol. The van der Waals surface area contributed by atoms with Crippen molar-refractivity contribution in [1.29, 1.82) is 0 Å². The number of carbonyl (C=O) groups is 4. The monoisotopic (exact) mass is 721 g/mol. The highest BCUT2D eigenvalue weighted by Crippen LogP contribution is 2.30. The minimum absolute atomic E-state index is 0.0346. The highest BCUT2D eigenvalue weighted by atomic mass is 32.2. The minimum atomic E-state index is -5.13. The number of anilines is 1. The van der Waals surface area contributed by atoms with Crippen molar-refractivity contribution in [3.05, 3.63) is 24.3 Å². The molecule has 0 aliphatic carbocycles. The summed E-state index contributed by atoms with van der Waals surface area (Å²) in [5, 5.41) is 1.61. The van der Waals surface area contributed by atoms with Crippen molar-refractivity contribution < 1.29 is 50.2 Å². The zero-order valence-corrected chi connectivity index (χ0v) is 30.1. The predicted molar refractivity (Wildman–Crippen MR) is 175 cm³/mol. The first-order valence-corrected chi connectivity index (χ1v) is 17.6. The van der Waals surface area contributed by atoms with Gasteiger partial charge in [-0.15, -0.1) is 0 Å². The van der Waals surface area contributed by atoms with Crippen molar-refractivity contribution in [1.82, 2.24) is 14.5 Å². The van der Waals surface area contributed by atoms with Crippen LogP contribution in [-0.4, -0.2) is 106 Å². The zero-order chi connectivity index (χ0) is 37.4. The van der Waals surface area contributed by atoms with Crippen LogP contribution in [0.1, 0.15) is 60.3 Å². The number of rotatable bonds is 16. The molecule has 2 unspecified atom stereocenters. The van der Waals surface area contributed by atoms with E-state index in [9.17, 15) is 40.8 Å². The van der Waals surface area contributed by atoms with E-state index in [1.807, 2.05) is 32.4 Å². The fourth-order valence-electron chi connectivity index (χ4n) is 6.03. The number of nitrogens with two attached hydrogens (primary N) is 1. The Labute approximate surface area is 286 Å². The molecule has 4 N–H and O–H groups in total. The number of methoxy groups -OCH3 is 2. The molecule has 4 amide bonds. The highest BCUT2D eigenvalue weighted by molar-refractivity contribution is 7.90. The fraction of sp³-hybridized carbons (Fsp3) is 0.688. The molecule has 13 nitrogen and oxygen atoms in total. The molecule has 1 aromatic rings. The topological polar surface area (TPSA) is 177 Å².